The first-order chi connectivity index (χ1) is 15.2. The molecule has 4 nitrogen and oxygen atoms in total. The summed E-state index contributed by atoms with van der Waals surface area (Å²) < 4.78 is 5.42. The Balaban J connectivity index is 1.43. The lowest BCUT2D eigenvalue weighted by atomic mass is 10.1. The van der Waals surface area contributed by atoms with Gasteiger partial charge in [-0.3, -0.25) is 4.79 Å². The Hall–Kier alpha value is -2.89. The molecule has 0 spiro atoms. The van der Waals surface area contributed by atoms with Crippen molar-refractivity contribution < 1.29 is 9.53 Å². The maximum atomic E-state index is 12.4. The van der Waals surface area contributed by atoms with Crippen molar-refractivity contribution in [2.24, 2.45) is 0 Å². The van der Waals surface area contributed by atoms with E-state index in [0.717, 1.165) is 28.3 Å². The third-order valence-electron chi connectivity index (χ3n) is 4.85. The number of hydrogen-bond acceptors (Lipinski definition) is 3. The Morgan fingerprint density at radius 2 is 1.77 bits per heavy atom. The molecule has 1 heterocycles. The predicted octanol–water partition coefficient (Wildman–Crippen LogP) is 6.41. The van der Waals surface area contributed by atoms with Gasteiger partial charge in [0.25, 0.3) is 5.91 Å². The van der Waals surface area contributed by atoms with Gasteiger partial charge in [-0.05, 0) is 55.0 Å². The van der Waals surface area contributed by atoms with Crippen molar-refractivity contribution in [3.63, 3.8) is 0 Å². The molecule has 2 N–H and O–H groups in total. The second kappa shape index (κ2) is 9.94. The number of ether oxygens (including phenoxy) is 1. The first-order valence-electron chi connectivity index (χ1n) is 10.2. The molecule has 1 aromatic heterocycles. The maximum Gasteiger partial charge on any atom is 0.251 e. The number of aromatic nitrogens is 1. The second-order valence-electron chi connectivity index (χ2n) is 6.94. The minimum absolute atomic E-state index is 0.0829. The van der Waals surface area contributed by atoms with Crippen LogP contribution in [0.3, 0.4) is 0 Å². The molecule has 0 bridgehead atoms. The average molecular weight is 451 g/mol. The molecular formula is C25H23ClN2O2S. The van der Waals surface area contributed by atoms with E-state index in [1.807, 2.05) is 55.5 Å². The van der Waals surface area contributed by atoms with Gasteiger partial charge in [0.15, 0.2) is 0 Å². The highest BCUT2D eigenvalue weighted by Crippen LogP contribution is 2.37. The smallest absolute Gasteiger partial charge is 0.251 e. The Labute approximate surface area is 191 Å². The minimum atomic E-state index is -0.0829. The van der Waals surface area contributed by atoms with Gasteiger partial charge in [-0.25, -0.2) is 0 Å². The number of thioether (sulfide) groups is 1. The van der Waals surface area contributed by atoms with E-state index in [1.54, 1.807) is 23.9 Å². The molecule has 4 rings (SSSR count). The van der Waals surface area contributed by atoms with E-state index in [1.165, 1.54) is 10.3 Å². The number of rotatable bonds is 8. The molecule has 31 heavy (non-hydrogen) atoms. The van der Waals surface area contributed by atoms with Crippen LogP contribution in [0.2, 0.25) is 5.02 Å². The number of amides is 1. The number of carbonyl (C=O) groups is 1. The van der Waals surface area contributed by atoms with Crippen molar-refractivity contribution in [3.8, 4) is 17.0 Å². The largest absolute Gasteiger partial charge is 0.494 e. The molecule has 0 radical (unpaired) electrons. The summed E-state index contributed by atoms with van der Waals surface area (Å²) in [6.07, 6.45) is 0. The van der Waals surface area contributed by atoms with Crippen LogP contribution in [-0.2, 0) is 0 Å². The number of H-pyrrole nitrogens is 1. The SMILES string of the molecule is CCOc1ccc(C(=O)NCCSc2c(-c3ccc(Cl)cc3)[nH]c3ccccc23)cc1. The zero-order valence-electron chi connectivity index (χ0n) is 17.2. The lowest BCUT2D eigenvalue weighted by molar-refractivity contribution is 0.0956. The van der Waals surface area contributed by atoms with E-state index >= 15 is 0 Å². The van der Waals surface area contributed by atoms with Gasteiger partial charge < -0.3 is 15.0 Å². The van der Waals surface area contributed by atoms with Crippen LogP contribution in [0.1, 0.15) is 17.3 Å². The Morgan fingerprint density at radius 1 is 1.03 bits per heavy atom. The number of benzene rings is 3. The fourth-order valence-electron chi connectivity index (χ4n) is 3.37. The van der Waals surface area contributed by atoms with Gasteiger partial charge >= 0.3 is 0 Å². The van der Waals surface area contributed by atoms with E-state index in [4.69, 9.17) is 16.3 Å². The number of nitrogens with one attached hydrogen (secondary N) is 2. The number of carbonyl (C=O) groups excluding carboxylic acids is 1. The zero-order chi connectivity index (χ0) is 21.6. The Bertz CT molecular complexity index is 1170. The van der Waals surface area contributed by atoms with Crippen LogP contribution in [0.5, 0.6) is 5.75 Å². The number of hydrogen-bond donors (Lipinski definition) is 2. The number of para-hydroxylation sites is 1. The summed E-state index contributed by atoms with van der Waals surface area (Å²) in [6.45, 7) is 3.11. The minimum Gasteiger partial charge on any atom is -0.494 e. The second-order valence-corrected chi connectivity index (χ2v) is 8.48. The van der Waals surface area contributed by atoms with Gasteiger partial charge in [0.2, 0.25) is 0 Å². The van der Waals surface area contributed by atoms with Crippen LogP contribution in [0.4, 0.5) is 0 Å². The molecule has 0 saturated heterocycles. The molecule has 0 aliphatic carbocycles. The highest BCUT2D eigenvalue weighted by atomic mass is 35.5. The van der Waals surface area contributed by atoms with Crippen molar-refractivity contribution in [3.05, 3.63) is 83.4 Å². The molecule has 0 aliphatic heterocycles. The fourth-order valence-corrected chi connectivity index (χ4v) is 4.56. The first-order valence-corrected chi connectivity index (χ1v) is 11.5. The van der Waals surface area contributed by atoms with Crippen LogP contribution < -0.4 is 10.1 Å². The predicted molar refractivity (Wildman–Crippen MR) is 129 cm³/mol. The number of aromatic amines is 1. The molecule has 158 valence electrons. The lowest BCUT2D eigenvalue weighted by Gasteiger charge is -2.08. The summed E-state index contributed by atoms with van der Waals surface area (Å²) in [4.78, 5) is 17.1. The third-order valence-corrected chi connectivity index (χ3v) is 6.23. The molecular weight excluding hydrogens is 428 g/mol. The van der Waals surface area contributed by atoms with Gasteiger partial charge in [0.1, 0.15) is 5.75 Å². The van der Waals surface area contributed by atoms with Gasteiger partial charge in [-0.2, -0.15) is 0 Å². The quantitative estimate of drug-likeness (QED) is 0.241. The van der Waals surface area contributed by atoms with Gasteiger partial charge in [0, 0.05) is 38.7 Å². The highest BCUT2D eigenvalue weighted by Gasteiger charge is 2.14. The molecule has 0 atom stereocenters. The van der Waals surface area contributed by atoms with Crippen molar-refractivity contribution in [1.29, 1.82) is 0 Å². The summed E-state index contributed by atoms with van der Waals surface area (Å²) in [6, 6.07) is 23.3. The average Bonchev–Trinajstić information content (AvgIpc) is 3.16. The van der Waals surface area contributed by atoms with Crippen molar-refractivity contribution >= 4 is 40.2 Å². The monoisotopic (exact) mass is 450 g/mol. The van der Waals surface area contributed by atoms with Crippen LogP contribution in [0.15, 0.2) is 77.7 Å². The zero-order valence-corrected chi connectivity index (χ0v) is 18.7. The highest BCUT2D eigenvalue weighted by molar-refractivity contribution is 7.99. The van der Waals surface area contributed by atoms with Gasteiger partial charge in [-0.1, -0.05) is 41.9 Å². The molecule has 0 aliphatic rings. The molecule has 1 amide bonds. The van der Waals surface area contributed by atoms with Gasteiger partial charge in [0.05, 0.1) is 12.3 Å². The Morgan fingerprint density at radius 3 is 2.52 bits per heavy atom. The summed E-state index contributed by atoms with van der Waals surface area (Å²) >= 11 is 7.79. The van der Waals surface area contributed by atoms with Crippen molar-refractivity contribution in [2.75, 3.05) is 18.9 Å². The summed E-state index contributed by atoms with van der Waals surface area (Å²) in [5.41, 5.74) is 3.87. The molecule has 0 saturated carbocycles. The normalized spacial score (nSPS) is 10.9. The topological polar surface area (TPSA) is 54.1 Å². The first kappa shape index (κ1) is 21.3. The van der Waals surface area contributed by atoms with E-state index in [9.17, 15) is 4.79 Å². The van der Waals surface area contributed by atoms with E-state index in [2.05, 4.69) is 22.4 Å². The van der Waals surface area contributed by atoms with Crippen LogP contribution in [0.25, 0.3) is 22.2 Å². The molecule has 0 unspecified atom stereocenters. The molecule has 3 aromatic carbocycles. The molecule has 4 aromatic rings. The van der Waals surface area contributed by atoms with E-state index < -0.39 is 0 Å². The molecule has 6 heteroatoms. The lowest BCUT2D eigenvalue weighted by Crippen LogP contribution is -2.25. The number of fused-ring (bicyclic) bond motifs is 1. The van der Waals surface area contributed by atoms with Crippen LogP contribution >= 0.6 is 23.4 Å². The van der Waals surface area contributed by atoms with Crippen LogP contribution in [-0.4, -0.2) is 29.8 Å². The third kappa shape index (κ3) is 5.06. The number of halogens is 1. The summed E-state index contributed by atoms with van der Waals surface area (Å²) in [5.74, 6) is 1.44. The van der Waals surface area contributed by atoms with Crippen molar-refractivity contribution in [2.45, 2.75) is 11.8 Å². The summed E-state index contributed by atoms with van der Waals surface area (Å²) in [5, 5.41) is 4.89. The molecule has 0 fully saturated rings. The van der Waals surface area contributed by atoms with Gasteiger partial charge in [-0.15, -0.1) is 11.8 Å². The Kier molecular flexibility index (Phi) is 6.85. The van der Waals surface area contributed by atoms with E-state index in [0.29, 0.717) is 23.7 Å². The summed E-state index contributed by atoms with van der Waals surface area (Å²) in [7, 11) is 0. The van der Waals surface area contributed by atoms with Crippen LogP contribution in [0, 0.1) is 0 Å². The fraction of sp³-hybridized carbons (Fsp3) is 0.160. The van der Waals surface area contributed by atoms with E-state index in [-0.39, 0.29) is 5.91 Å². The van der Waals surface area contributed by atoms with Crippen molar-refractivity contribution in [1.82, 2.24) is 10.3 Å². The maximum absolute atomic E-state index is 12.4. The standard InChI is InChI=1S/C25H23ClN2O2S/c1-2-30-20-13-9-18(10-14-20)25(29)27-15-16-31-24-21-5-3-4-6-22(21)28-23(24)17-7-11-19(26)12-8-17/h3-14,28H,2,15-16H2,1H3,(H,27,29).